The first-order valence-electron chi connectivity index (χ1n) is 8.58. The van der Waals surface area contributed by atoms with Crippen LogP contribution in [0.2, 0.25) is 0 Å². The molecule has 0 spiro atoms. The molecule has 1 aliphatic rings. The Balaban J connectivity index is 0.00000151. The van der Waals surface area contributed by atoms with E-state index in [-0.39, 0.29) is 12.0 Å². The Bertz CT molecular complexity index is 592. The first kappa shape index (κ1) is 21.0. The maximum absolute atomic E-state index is 12.3. The Hall–Kier alpha value is -2.09. The van der Waals surface area contributed by atoms with Crippen LogP contribution >= 0.6 is 0 Å². The minimum atomic E-state index is -0.536. The van der Waals surface area contributed by atoms with Crippen LogP contribution in [0.1, 0.15) is 57.2 Å². The van der Waals surface area contributed by atoms with Crippen LogP contribution in [0.15, 0.2) is 6.07 Å². The number of aromatic nitrogens is 2. The number of carbonyl (C=O) groups is 2. The van der Waals surface area contributed by atoms with Crippen LogP contribution < -0.4 is 0 Å². The van der Waals surface area contributed by atoms with E-state index in [1.54, 1.807) is 15.6 Å². The molecule has 1 aromatic rings. The van der Waals surface area contributed by atoms with E-state index in [2.05, 4.69) is 5.10 Å². The molecule has 0 atom stereocenters. The van der Waals surface area contributed by atoms with E-state index in [9.17, 15) is 9.59 Å². The van der Waals surface area contributed by atoms with Gasteiger partial charge in [0.1, 0.15) is 5.60 Å². The molecule has 1 aliphatic heterocycles. The van der Waals surface area contributed by atoms with E-state index in [0.29, 0.717) is 25.3 Å². The summed E-state index contributed by atoms with van der Waals surface area (Å²) in [4.78, 5) is 30.9. The van der Waals surface area contributed by atoms with Crippen LogP contribution in [0.3, 0.4) is 0 Å². The number of amides is 2. The minimum absolute atomic E-state index is 0.301. The molecule has 0 N–H and O–H groups in total. The highest BCUT2D eigenvalue weighted by Gasteiger charge is 2.26. The lowest BCUT2D eigenvalue weighted by Crippen LogP contribution is -2.36. The molecule has 8 heteroatoms. The smallest absolute Gasteiger partial charge is 0.410 e. The largest absolute Gasteiger partial charge is 0.444 e. The van der Waals surface area contributed by atoms with Crippen LogP contribution in [0.25, 0.3) is 0 Å². The van der Waals surface area contributed by atoms with E-state index >= 15 is 0 Å². The quantitative estimate of drug-likeness (QED) is 0.763. The SMILES string of the molecule is CC.CON(C)C(=O)c1cc2n(n1)CCCN(C(=O)OC(C)(C)C)C2. The number of aryl methyl sites for hydroxylation is 1. The van der Waals surface area contributed by atoms with Gasteiger partial charge in [0.05, 0.1) is 19.3 Å². The van der Waals surface area contributed by atoms with Gasteiger partial charge >= 0.3 is 6.09 Å². The summed E-state index contributed by atoms with van der Waals surface area (Å²) in [6.07, 6.45) is 0.399. The molecule has 1 aromatic heterocycles. The summed E-state index contributed by atoms with van der Waals surface area (Å²) >= 11 is 0. The minimum Gasteiger partial charge on any atom is -0.444 e. The van der Waals surface area contributed by atoms with E-state index in [1.807, 2.05) is 34.6 Å². The van der Waals surface area contributed by atoms with Crippen LogP contribution in [-0.4, -0.2) is 58.0 Å². The van der Waals surface area contributed by atoms with Gasteiger partial charge in [-0.3, -0.25) is 14.3 Å². The highest BCUT2D eigenvalue weighted by Crippen LogP contribution is 2.18. The fraction of sp³-hybridized carbons (Fsp3) is 0.706. The number of hydroxylamine groups is 2. The second kappa shape index (κ2) is 8.84. The lowest BCUT2D eigenvalue weighted by atomic mass is 10.2. The lowest BCUT2D eigenvalue weighted by Gasteiger charge is -2.26. The first-order chi connectivity index (χ1) is 11.7. The van der Waals surface area contributed by atoms with Gasteiger partial charge in [-0.05, 0) is 33.3 Å². The summed E-state index contributed by atoms with van der Waals surface area (Å²) in [5.74, 6) is -0.322. The predicted molar refractivity (Wildman–Crippen MR) is 93.9 cm³/mol. The number of hydrogen-bond donors (Lipinski definition) is 0. The third kappa shape index (κ3) is 5.74. The van der Waals surface area contributed by atoms with Crippen molar-refractivity contribution in [2.75, 3.05) is 20.7 Å². The Morgan fingerprint density at radius 2 is 1.88 bits per heavy atom. The summed E-state index contributed by atoms with van der Waals surface area (Å²) in [6, 6.07) is 1.69. The molecule has 2 heterocycles. The number of rotatable bonds is 2. The van der Waals surface area contributed by atoms with Crippen molar-refractivity contribution >= 4 is 12.0 Å². The summed E-state index contributed by atoms with van der Waals surface area (Å²) in [6.45, 7) is 11.1. The van der Waals surface area contributed by atoms with Crippen molar-refractivity contribution in [1.29, 1.82) is 0 Å². The van der Waals surface area contributed by atoms with Gasteiger partial charge in [-0.1, -0.05) is 13.8 Å². The molecule has 25 heavy (non-hydrogen) atoms. The number of ether oxygens (including phenoxy) is 1. The molecule has 8 nitrogen and oxygen atoms in total. The summed E-state index contributed by atoms with van der Waals surface area (Å²) < 4.78 is 7.18. The van der Waals surface area contributed by atoms with Gasteiger partial charge in [0.15, 0.2) is 5.69 Å². The van der Waals surface area contributed by atoms with Gasteiger partial charge in [-0.15, -0.1) is 0 Å². The zero-order chi connectivity index (χ0) is 19.2. The van der Waals surface area contributed by atoms with Crippen LogP contribution in [0, 0.1) is 0 Å². The molecule has 142 valence electrons. The van der Waals surface area contributed by atoms with E-state index in [0.717, 1.165) is 17.2 Å². The van der Waals surface area contributed by atoms with Crippen molar-refractivity contribution in [3.8, 4) is 0 Å². The summed E-state index contributed by atoms with van der Waals surface area (Å²) in [7, 11) is 2.95. The third-order valence-corrected chi connectivity index (χ3v) is 3.44. The molecule has 0 saturated carbocycles. The van der Waals surface area contributed by atoms with Gasteiger partial charge < -0.3 is 9.64 Å². The average molecular weight is 354 g/mol. The van der Waals surface area contributed by atoms with E-state index in [1.165, 1.54) is 14.2 Å². The number of fused-ring (bicyclic) bond motifs is 1. The van der Waals surface area contributed by atoms with Gasteiger partial charge in [0.2, 0.25) is 0 Å². The van der Waals surface area contributed by atoms with Crippen molar-refractivity contribution in [3.63, 3.8) is 0 Å². The molecule has 0 bridgehead atoms. The van der Waals surface area contributed by atoms with Crippen LogP contribution in [0.4, 0.5) is 4.79 Å². The van der Waals surface area contributed by atoms with Crippen LogP contribution in [-0.2, 0) is 22.7 Å². The van der Waals surface area contributed by atoms with Crippen molar-refractivity contribution in [2.45, 2.75) is 59.7 Å². The Kier molecular flexibility index (Phi) is 7.41. The molecule has 0 aliphatic carbocycles. The molecule has 0 fully saturated rings. The van der Waals surface area contributed by atoms with E-state index < -0.39 is 5.60 Å². The molecule has 0 saturated heterocycles. The predicted octanol–water partition coefficient (Wildman–Crippen LogP) is 2.68. The Morgan fingerprint density at radius 3 is 2.44 bits per heavy atom. The lowest BCUT2D eigenvalue weighted by molar-refractivity contribution is -0.0760. The molecule has 2 rings (SSSR count). The maximum atomic E-state index is 12.3. The molecular formula is C17H30N4O4. The van der Waals surface area contributed by atoms with Gasteiger partial charge in [0.25, 0.3) is 5.91 Å². The van der Waals surface area contributed by atoms with Gasteiger partial charge in [0, 0.05) is 20.1 Å². The first-order valence-corrected chi connectivity index (χ1v) is 8.58. The number of carbonyl (C=O) groups excluding carboxylic acids is 2. The number of hydrogen-bond acceptors (Lipinski definition) is 5. The normalized spacial score (nSPS) is 14.0. The molecule has 0 unspecified atom stereocenters. The average Bonchev–Trinajstić information content (AvgIpc) is 2.85. The van der Waals surface area contributed by atoms with Crippen LogP contribution in [0.5, 0.6) is 0 Å². The van der Waals surface area contributed by atoms with Gasteiger partial charge in [-0.2, -0.15) is 5.10 Å². The molecule has 0 radical (unpaired) electrons. The van der Waals surface area contributed by atoms with Crippen molar-refractivity contribution in [1.82, 2.24) is 19.7 Å². The molecular weight excluding hydrogens is 324 g/mol. The topological polar surface area (TPSA) is 76.9 Å². The fourth-order valence-electron chi connectivity index (χ4n) is 2.29. The second-order valence-corrected chi connectivity index (χ2v) is 6.48. The number of nitrogens with zero attached hydrogens (tertiary/aromatic N) is 4. The highest BCUT2D eigenvalue weighted by molar-refractivity contribution is 5.91. The molecule has 0 aromatic carbocycles. The Morgan fingerprint density at radius 1 is 1.24 bits per heavy atom. The van der Waals surface area contributed by atoms with Crippen molar-refractivity contribution in [2.24, 2.45) is 0 Å². The Labute approximate surface area is 149 Å². The zero-order valence-corrected chi connectivity index (χ0v) is 16.3. The third-order valence-electron chi connectivity index (χ3n) is 3.44. The summed E-state index contributed by atoms with van der Waals surface area (Å²) in [5.41, 5.74) is 0.572. The molecule has 2 amide bonds. The monoisotopic (exact) mass is 354 g/mol. The second-order valence-electron chi connectivity index (χ2n) is 6.48. The van der Waals surface area contributed by atoms with Crippen molar-refractivity contribution < 1.29 is 19.2 Å². The zero-order valence-electron chi connectivity index (χ0n) is 16.3. The highest BCUT2D eigenvalue weighted by atomic mass is 16.7. The van der Waals surface area contributed by atoms with Crippen molar-refractivity contribution in [3.05, 3.63) is 17.5 Å². The summed E-state index contributed by atoms with van der Waals surface area (Å²) in [5, 5.41) is 5.43. The standard InChI is InChI=1S/C15H24N4O4.C2H6/c1-15(2,3)23-14(21)18-7-6-8-19-11(10-18)9-12(16-19)13(20)17(4)22-5;1-2/h9H,6-8,10H2,1-5H3;1-2H3. The fourth-order valence-corrected chi connectivity index (χ4v) is 2.29. The van der Waals surface area contributed by atoms with Gasteiger partial charge in [-0.25, -0.2) is 9.86 Å². The maximum Gasteiger partial charge on any atom is 0.410 e. The van der Waals surface area contributed by atoms with E-state index in [4.69, 9.17) is 9.57 Å².